The fourth-order valence-electron chi connectivity index (χ4n) is 6.08. The number of nitrogens with one attached hydrogen (secondary N) is 1. The number of allylic oxidation sites excluding steroid dienone is 1. The van der Waals surface area contributed by atoms with Crippen molar-refractivity contribution in [2.45, 2.75) is 39.3 Å². The van der Waals surface area contributed by atoms with Crippen molar-refractivity contribution in [3.63, 3.8) is 0 Å². The van der Waals surface area contributed by atoms with E-state index in [1.807, 2.05) is 26.0 Å². The molecule has 0 amide bonds. The first-order chi connectivity index (χ1) is 19.9. The van der Waals surface area contributed by atoms with Gasteiger partial charge in [0.2, 0.25) is 11.8 Å². The van der Waals surface area contributed by atoms with Crippen LogP contribution in [0, 0.1) is 11.8 Å². The lowest BCUT2D eigenvalue weighted by molar-refractivity contribution is 0.125. The molecule has 10 nitrogen and oxygen atoms in total. The molecule has 5 heterocycles. The standard InChI is InChI=1S/C31H38N8O2/c1-5-15-38-30(40)26-18-32-31(35-29(26)39(38)27-7-6-8-28(34-27)41-21(2)3)33-24-9-11-25(12-10-24)37-17-14-22-19-36(4)16-13-23(22)20-37/h5-12,18,21-23H,1,13-17,19-20H2,2-4H3,(H,32,33,35). The fraction of sp³-hybridized carbons (Fsp3) is 0.419. The van der Waals surface area contributed by atoms with Crippen LogP contribution in [0.25, 0.3) is 16.9 Å². The monoisotopic (exact) mass is 554 g/mol. The second-order valence-corrected chi connectivity index (χ2v) is 11.4. The van der Waals surface area contributed by atoms with Crippen LogP contribution in [0.4, 0.5) is 17.3 Å². The van der Waals surface area contributed by atoms with Crippen molar-refractivity contribution in [3.05, 3.63) is 71.7 Å². The zero-order chi connectivity index (χ0) is 28.5. The van der Waals surface area contributed by atoms with Crippen molar-refractivity contribution < 1.29 is 4.74 Å². The summed E-state index contributed by atoms with van der Waals surface area (Å²) >= 11 is 0. The molecule has 2 aliphatic heterocycles. The Morgan fingerprint density at radius 2 is 1.85 bits per heavy atom. The van der Waals surface area contributed by atoms with Crippen LogP contribution in [-0.4, -0.2) is 68.5 Å². The minimum atomic E-state index is -0.207. The number of pyridine rings is 1. The summed E-state index contributed by atoms with van der Waals surface area (Å²) in [5.41, 5.74) is 2.38. The van der Waals surface area contributed by atoms with Crippen molar-refractivity contribution in [1.82, 2.24) is 29.2 Å². The molecule has 0 bridgehead atoms. The Kier molecular flexibility index (Phi) is 7.49. The number of hydrogen-bond acceptors (Lipinski definition) is 8. The summed E-state index contributed by atoms with van der Waals surface area (Å²) < 4.78 is 9.06. The average Bonchev–Trinajstić information content (AvgIpc) is 3.23. The first-order valence-corrected chi connectivity index (χ1v) is 14.4. The quantitative estimate of drug-likeness (QED) is 0.319. The summed E-state index contributed by atoms with van der Waals surface area (Å²) in [5.74, 6) is 2.99. The normalized spacial score (nSPS) is 19.4. The molecule has 1 aromatic carbocycles. The molecule has 2 fully saturated rings. The van der Waals surface area contributed by atoms with Gasteiger partial charge in [0.05, 0.1) is 12.6 Å². The van der Waals surface area contributed by atoms with Gasteiger partial charge in [-0.2, -0.15) is 9.97 Å². The highest BCUT2D eigenvalue weighted by Gasteiger charge is 2.33. The third-order valence-corrected chi connectivity index (χ3v) is 8.07. The minimum absolute atomic E-state index is 0.0276. The number of piperidine rings is 2. The Morgan fingerprint density at radius 3 is 2.63 bits per heavy atom. The van der Waals surface area contributed by atoms with E-state index in [4.69, 9.17) is 9.72 Å². The van der Waals surface area contributed by atoms with Crippen molar-refractivity contribution in [1.29, 1.82) is 0 Å². The maximum atomic E-state index is 13.3. The number of aromatic nitrogens is 5. The highest BCUT2D eigenvalue weighted by molar-refractivity contribution is 5.77. The van der Waals surface area contributed by atoms with E-state index in [2.05, 4.69) is 63.0 Å². The number of hydrogen-bond donors (Lipinski definition) is 1. The predicted octanol–water partition coefficient (Wildman–Crippen LogP) is 4.47. The van der Waals surface area contributed by atoms with Gasteiger partial charge < -0.3 is 19.9 Å². The van der Waals surface area contributed by atoms with E-state index < -0.39 is 0 Å². The number of benzene rings is 1. The van der Waals surface area contributed by atoms with E-state index in [0.29, 0.717) is 35.2 Å². The first-order valence-electron chi connectivity index (χ1n) is 14.4. The van der Waals surface area contributed by atoms with Crippen molar-refractivity contribution >= 4 is 28.4 Å². The maximum Gasteiger partial charge on any atom is 0.278 e. The molecule has 2 aliphatic rings. The van der Waals surface area contributed by atoms with Crippen LogP contribution >= 0.6 is 0 Å². The van der Waals surface area contributed by atoms with Crippen molar-refractivity contribution in [3.8, 4) is 11.7 Å². The van der Waals surface area contributed by atoms with E-state index >= 15 is 0 Å². The van der Waals surface area contributed by atoms with Crippen LogP contribution in [0.1, 0.15) is 26.7 Å². The van der Waals surface area contributed by atoms with Gasteiger partial charge in [-0.3, -0.25) is 4.79 Å². The Bertz CT molecular complexity index is 1590. The summed E-state index contributed by atoms with van der Waals surface area (Å²) in [6.07, 6.45) is 5.74. The average molecular weight is 555 g/mol. The van der Waals surface area contributed by atoms with Gasteiger partial charge in [-0.1, -0.05) is 12.1 Å². The molecule has 0 aliphatic carbocycles. The second-order valence-electron chi connectivity index (χ2n) is 11.4. The van der Waals surface area contributed by atoms with Gasteiger partial charge in [0, 0.05) is 43.3 Å². The van der Waals surface area contributed by atoms with Crippen molar-refractivity contribution in [2.75, 3.05) is 43.4 Å². The lowest BCUT2D eigenvalue weighted by Gasteiger charge is -2.44. The van der Waals surface area contributed by atoms with Gasteiger partial charge in [-0.15, -0.1) is 6.58 Å². The Labute approximate surface area is 240 Å². The number of ether oxygens (including phenoxy) is 1. The Morgan fingerprint density at radius 1 is 1.07 bits per heavy atom. The van der Waals surface area contributed by atoms with Crippen LogP contribution in [0.2, 0.25) is 0 Å². The molecular formula is C31H38N8O2. The van der Waals surface area contributed by atoms with Gasteiger partial charge in [0.25, 0.3) is 5.56 Å². The number of rotatable bonds is 8. The molecule has 0 radical (unpaired) electrons. The minimum Gasteiger partial charge on any atom is -0.475 e. The van der Waals surface area contributed by atoms with E-state index in [0.717, 1.165) is 30.6 Å². The number of fused-ring (bicyclic) bond motifs is 2. The zero-order valence-electron chi connectivity index (χ0n) is 24.0. The van der Waals surface area contributed by atoms with E-state index in [9.17, 15) is 4.79 Å². The summed E-state index contributed by atoms with van der Waals surface area (Å²) in [6.45, 7) is 12.7. The number of nitrogens with zero attached hydrogens (tertiary/aromatic N) is 7. The van der Waals surface area contributed by atoms with E-state index in [-0.39, 0.29) is 11.7 Å². The third-order valence-electron chi connectivity index (χ3n) is 8.07. The zero-order valence-corrected chi connectivity index (χ0v) is 24.0. The predicted molar refractivity (Wildman–Crippen MR) is 163 cm³/mol. The molecular weight excluding hydrogens is 516 g/mol. The molecule has 1 N–H and O–H groups in total. The van der Waals surface area contributed by atoms with Crippen LogP contribution in [0.5, 0.6) is 5.88 Å². The topological polar surface area (TPSA) is 93.3 Å². The van der Waals surface area contributed by atoms with Gasteiger partial charge in [-0.05, 0) is 82.4 Å². The molecule has 2 saturated heterocycles. The molecule has 2 atom stereocenters. The molecule has 6 rings (SSSR count). The SMILES string of the molecule is C=CCn1c(=O)c2cnc(Nc3ccc(N4CCC5CN(C)CCC5C4)cc3)nc2n1-c1cccc(OC(C)C)n1. The van der Waals surface area contributed by atoms with Gasteiger partial charge in [-0.25, -0.2) is 14.3 Å². The molecule has 4 aromatic rings. The molecule has 2 unspecified atom stereocenters. The number of likely N-dealkylation sites (tertiary alicyclic amines) is 1. The Balaban J connectivity index is 1.26. The van der Waals surface area contributed by atoms with Crippen molar-refractivity contribution in [2.24, 2.45) is 11.8 Å². The van der Waals surface area contributed by atoms with Gasteiger partial charge in [0.1, 0.15) is 5.39 Å². The highest BCUT2D eigenvalue weighted by Crippen LogP contribution is 2.33. The number of anilines is 3. The van der Waals surface area contributed by atoms with Crippen LogP contribution in [-0.2, 0) is 6.54 Å². The summed E-state index contributed by atoms with van der Waals surface area (Å²) in [7, 11) is 2.24. The second kappa shape index (κ2) is 11.4. The Hall–Kier alpha value is -4.18. The van der Waals surface area contributed by atoms with Gasteiger partial charge >= 0.3 is 0 Å². The summed E-state index contributed by atoms with van der Waals surface area (Å²) in [4.78, 5) is 32.1. The van der Waals surface area contributed by atoms with Crippen LogP contribution < -0.4 is 20.5 Å². The lowest BCUT2D eigenvalue weighted by Crippen LogP contribution is -2.48. The molecule has 10 heteroatoms. The molecule has 0 saturated carbocycles. The molecule has 0 spiro atoms. The third kappa shape index (κ3) is 5.56. The molecule has 214 valence electrons. The fourth-order valence-corrected chi connectivity index (χ4v) is 6.08. The lowest BCUT2D eigenvalue weighted by atomic mass is 9.80. The van der Waals surface area contributed by atoms with Crippen LogP contribution in [0.3, 0.4) is 0 Å². The van der Waals surface area contributed by atoms with Crippen LogP contribution in [0.15, 0.2) is 66.1 Å². The highest BCUT2D eigenvalue weighted by atomic mass is 16.5. The largest absolute Gasteiger partial charge is 0.475 e. The maximum absolute atomic E-state index is 13.3. The molecule has 41 heavy (non-hydrogen) atoms. The first kappa shape index (κ1) is 27.0. The summed E-state index contributed by atoms with van der Waals surface area (Å²) in [6, 6.07) is 13.9. The smallest absolute Gasteiger partial charge is 0.278 e. The molecule has 3 aromatic heterocycles. The van der Waals surface area contributed by atoms with E-state index in [1.54, 1.807) is 27.7 Å². The van der Waals surface area contributed by atoms with E-state index in [1.165, 1.54) is 31.6 Å². The summed E-state index contributed by atoms with van der Waals surface area (Å²) in [5, 5.41) is 3.72. The van der Waals surface area contributed by atoms with Gasteiger partial charge in [0.15, 0.2) is 11.5 Å².